The number of hydrogen-bond acceptors (Lipinski definition) is 6. The third-order valence-corrected chi connectivity index (χ3v) is 7.35. The van der Waals surface area contributed by atoms with Gasteiger partial charge in [0.05, 0.1) is 13.0 Å². The largest absolute Gasteiger partial charge is 0.466 e. The van der Waals surface area contributed by atoms with E-state index in [0.717, 1.165) is 17.5 Å². The molecule has 0 aliphatic rings. The minimum Gasteiger partial charge on any atom is -0.466 e. The van der Waals surface area contributed by atoms with Crippen molar-refractivity contribution < 1.29 is 28.7 Å². The van der Waals surface area contributed by atoms with Gasteiger partial charge in [0.2, 0.25) is 11.8 Å². The summed E-state index contributed by atoms with van der Waals surface area (Å²) in [5.41, 5.74) is 1.98. The molecule has 0 saturated carbocycles. The number of aryl methyl sites for hydroxylation is 2. The van der Waals surface area contributed by atoms with Crippen LogP contribution in [0.1, 0.15) is 111 Å². The third kappa shape index (κ3) is 12.0. The van der Waals surface area contributed by atoms with Crippen LogP contribution in [0, 0.1) is 25.7 Å². The molecule has 1 aromatic rings. The SMILES string of the molecule is CCOC(=O)CCNC(=O)C(c1ccc(C)c(C)c1)N(C(=O)C(NC(=O)OC(C)(C)C)C(C)CC)C(C)CCC(C)C. The molecule has 42 heavy (non-hydrogen) atoms. The standard InChI is InChI=1S/C33H55N3O6/c1-12-22(5)28(35-32(40)42-33(9,10)11)31(39)36(25(8)16-14-21(3)4)29(26-17-15-23(6)24(7)20-26)30(38)34-19-18-27(37)41-13-2/h15,17,20-22,25,28-29H,12-14,16,18-19H2,1-11H3,(H,34,38)(H,35,40). The van der Waals surface area contributed by atoms with Gasteiger partial charge in [0.1, 0.15) is 17.7 Å². The number of carbonyl (C=O) groups is 4. The molecule has 2 N–H and O–H groups in total. The van der Waals surface area contributed by atoms with E-state index in [0.29, 0.717) is 24.3 Å². The van der Waals surface area contributed by atoms with Crippen LogP contribution in [0.5, 0.6) is 0 Å². The highest BCUT2D eigenvalue weighted by Gasteiger charge is 2.40. The lowest BCUT2D eigenvalue weighted by Crippen LogP contribution is -2.57. The number of amides is 3. The molecule has 0 aromatic heterocycles. The molecule has 0 spiro atoms. The molecule has 9 heteroatoms. The average Bonchev–Trinajstić information content (AvgIpc) is 2.88. The highest BCUT2D eigenvalue weighted by molar-refractivity contribution is 5.92. The van der Waals surface area contributed by atoms with Crippen molar-refractivity contribution in [2.75, 3.05) is 13.2 Å². The summed E-state index contributed by atoms with van der Waals surface area (Å²) in [4.78, 5) is 55.0. The van der Waals surface area contributed by atoms with E-state index in [9.17, 15) is 19.2 Å². The van der Waals surface area contributed by atoms with Gasteiger partial charge in [0.15, 0.2) is 0 Å². The predicted octanol–water partition coefficient (Wildman–Crippen LogP) is 6.01. The second-order valence-electron chi connectivity index (χ2n) is 12.7. The number of benzene rings is 1. The van der Waals surface area contributed by atoms with Gasteiger partial charge in [-0.05, 0) is 89.8 Å². The van der Waals surface area contributed by atoms with E-state index in [1.54, 1.807) is 32.6 Å². The van der Waals surface area contributed by atoms with Gasteiger partial charge in [-0.15, -0.1) is 0 Å². The van der Waals surface area contributed by atoms with Crippen molar-refractivity contribution in [3.63, 3.8) is 0 Å². The molecule has 238 valence electrons. The summed E-state index contributed by atoms with van der Waals surface area (Å²) in [6.45, 7) is 21.4. The van der Waals surface area contributed by atoms with Gasteiger partial charge in [-0.2, -0.15) is 0 Å². The Morgan fingerprint density at radius 2 is 1.60 bits per heavy atom. The maximum atomic E-state index is 14.6. The molecule has 0 aliphatic heterocycles. The average molecular weight is 590 g/mol. The van der Waals surface area contributed by atoms with Crippen LogP contribution in [-0.2, 0) is 23.9 Å². The lowest BCUT2D eigenvalue weighted by atomic mass is 9.92. The van der Waals surface area contributed by atoms with Crippen molar-refractivity contribution in [3.05, 3.63) is 34.9 Å². The van der Waals surface area contributed by atoms with E-state index in [1.807, 2.05) is 52.8 Å². The first-order chi connectivity index (χ1) is 19.5. The minimum atomic E-state index is -0.979. The maximum absolute atomic E-state index is 14.6. The van der Waals surface area contributed by atoms with Crippen LogP contribution in [0.2, 0.25) is 0 Å². The summed E-state index contributed by atoms with van der Waals surface area (Å²) in [5.74, 6) is -0.981. The summed E-state index contributed by atoms with van der Waals surface area (Å²) < 4.78 is 10.5. The van der Waals surface area contributed by atoms with Crippen molar-refractivity contribution in [1.82, 2.24) is 15.5 Å². The van der Waals surface area contributed by atoms with E-state index >= 15 is 0 Å². The Labute approximate surface area is 253 Å². The second kappa shape index (κ2) is 17.1. The van der Waals surface area contributed by atoms with Crippen molar-refractivity contribution in [2.45, 2.75) is 126 Å². The van der Waals surface area contributed by atoms with E-state index in [2.05, 4.69) is 24.5 Å². The quantitative estimate of drug-likeness (QED) is 0.242. The number of esters is 1. The van der Waals surface area contributed by atoms with Gasteiger partial charge in [0.25, 0.3) is 0 Å². The first-order valence-electron chi connectivity index (χ1n) is 15.3. The van der Waals surface area contributed by atoms with Crippen molar-refractivity contribution in [2.24, 2.45) is 11.8 Å². The fraction of sp³-hybridized carbons (Fsp3) is 0.697. The zero-order chi connectivity index (χ0) is 32.2. The van der Waals surface area contributed by atoms with Gasteiger partial charge in [-0.3, -0.25) is 14.4 Å². The summed E-state index contributed by atoms with van der Waals surface area (Å²) in [6, 6.07) is 3.53. The zero-order valence-electron chi connectivity index (χ0n) is 27.8. The Morgan fingerprint density at radius 1 is 0.952 bits per heavy atom. The number of rotatable bonds is 15. The monoisotopic (exact) mass is 589 g/mol. The topological polar surface area (TPSA) is 114 Å². The van der Waals surface area contributed by atoms with Crippen LogP contribution in [-0.4, -0.2) is 59.6 Å². The first-order valence-corrected chi connectivity index (χ1v) is 15.3. The lowest BCUT2D eigenvalue weighted by Gasteiger charge is -2.40. The molecule has 0 bridgehead atoms. The van der Waals surface area contributed by atoms with E-state index in [4.69, 9.17) is 9.47 Å². The number of ether oxygens (including phenoxy) is 2. The Hall–Kier alpha value is -3.10. The normalized spacial score (nSPS) is 14.4. The summed E-state index contributed by atoms with van der Waals surface area (Å²) in [7, 11) is 0. The number of alkyl carbamates (subject to hydrolysis) is 1. The molecular formula is C33H55N3O6. The molecule has 0 saturated heterocycles. The van der Waals surface area contributed by atoms with Crippen LogP contribution in [0.25, 0.3) is 0 Å². The predicted molar refractivity (Wildman–Crippen MR) is 166 cm³/mol. The number of nitrogens with zero attached hydrogens (tertiary/aromatic N) is 1. The van der Waals surface area contributed by atoms with Crippen LogP contribution in [0.15, 0.2) is 18.2 Å². The summed E-state index contributed by atoms with van der Waals surface area (Å²) in [5, 5.41) is 5.68. The first kappa shape index (κ1) is 36.9. The van der Waals surface area contributed by atoms with Crippen LogP contribution in [0.4, 0.5) is 4.79 Å². The van der Waals surface area contributed by atoms with E-state index in [1.165, 1.54) is 0 Å². The molecule has 4 atom stereocenters. The molecule has 1 aromatic carbocycles. The van der Waals surface area contributed by atoms with Crippen molar-refractivity contribution in [1.29, 1.82) is 0 Å². The number of nitrogens with one attached hydrogen (secondary N) is 2. The zero-order valence-corrected chi connectivity index (χ0v) is 27.8. The highest BCUT2D eigenvalue weighted by Crippen LogP contribution is 2.30. The van der Waals surface area contributed by atoms with Gasteiger partial charge in [-0.1, -0.05) is 52.3 Å². The van der Waals surface area contributed by atoms with Crippen molar-refractivity contribution in [3.8, 4) is 0 Å². The lowest BCUT2D eigenvalue weighted by molar-refractivity contribution is -0.147. The molecule has 9 nitrogen and oxygen atoms in total. The van der Waals surface area contributed by atoms with Crippen LogP contribution >= 0.6 is 0 Å². The fourth-order valence-electron chi connectivity index (χ4n) is 4.58. The number of hydrogen-bond donors (Lipinski definition) is 2. The smallest absolute Gasteiger partial charge is 0.408 e. The second-order valence-corrected chi connectivity index (χ2v) is 12.7. The molecule has 0 heterocycles. The van der Waals surface area contributed by atoms with Crippen LogP contribution < -0.4 is 10.6 Å². The van der Waals surface area contributed by atoms with Gasteiger partial charge in [-0.25, -0.2) is 4.79 Å². The maximum Gasteiger partial charge on any atom is 0.408 e. The third-order valence-electron chi connectivity index (χ3n) is 7.35. The van der Waals surface area contributed by atoms with Gasteiger partial charge >= 0.3 is 12.1 Å². The van der Waals surface area contributed by atoms with Gasteiger partial charge in [0, 0.05) is 12.6 Å². The Morgan fingerprint density at radius 3 is 2.12 bits per heavy atom. The molecule has 1 rings (SSSR count). The van der Waals surface area contributed by atoms with E-state index in [-0.39, 0.29) is 37.4 Å². The molecule has 0 aliphatic carbocycles. The number of carbonyl (C=O) groups excluding carboxylic acids is 4. The molecular weight excluding hydrogens is 534 g/mol. The Balaban J connectivity index is 3.65. The van der Waals surface area contributed by atoms with Crippen molar-refractivity contribution >= 4 is 23.9 Å². The Bertz CT molecular complexity index is 1050. The minimum absolute atomic E-state index is 0.0196. The fourth-order valence-corrected chi connectivity index (χ4v) is 4.58. The molecule has 0 radical (unpaired) electrons. The molecule has 3 amide bonds. The van der Waals surface area contributed by atoms with E-state index < -0.39 is 35.7 Å². The molecule has 4 unspecified atom stereocenters. The van der Waals surface area contributed by atoms with Crippen LogP contribution in [0.3, 0.4) is 0 Å². The highest BCUT2D eigenvalue weighted by atomic mass is 16.6. The molecule has 0 fully saturated rings. The Kier molecular flexibility index (Phi) is 15.1. The summed E-state index contributed by atoms with van der Waals surface area (Å²) in [6.07, 6.45) is 1.48. The summed E-state index contributed by atoms with van der Waals surface area (Å²) >= 11 is 0. The van der Waals surface area contributed by atoms with Gasteiger partial charge < -0.3 is 25.0 Å².